The lowest BCUT2D eigenvalue weighted by atomic mass is 10.1. The van der Waals surface area contributed by atoms with Crippen LogP contribution >= 0.6 is 0 Å². The van der Waals surface area contributed by atoms with E-state index in [0.717, 1.165) is 29.0 Å². The lowest BCUT2D eigenvalue weighted by molar-refractivity contribution is 0.274. The fourth-order valence-corrected chi connectivity index (χ4v) is 2.23. The maximum atomic E-state index is 12.9. The molecule has 5 nitrogen and oxygen atoms in total. The predicted octanol–water partition coefficient (Wildman–Crippen LogP) is 1.08. The Bertz CT molecular complexity index is 558. The molecule has 0 aliphatic carbocycles. The molecule has 2 aromatic rings. The summed E-state index contributed by atoms with van der Waals surface area (Å²) in [7, 11) is 1.87. The van der Waals surface area contributed by atoms with Gasteiger partial charge in [0.25, 0.3) is 0 Å². The van der Waals surface area contributed by atoms with Crippen molar-refractivity contribution in [2.45, 2.75) is 19.5 Å². The number of aryl methyl sites for hydroxylation is 2. The second-order valence-corrected chi connectivity index (χ2v) is 4.32. The molecule has 2 aromatic heterocycles. The van der Waals surface area contributed by atoms with Gasteiger partial charge >= 0.3 is 0 Å². The summed E-state index contributed by atoms with van der Waals surface area (Å²) in [6.45, 7) is 2.89. The maximum absolute atomic E-state index is 12.9. The van der Waals surface area contributed by atoms with Gasteiger partial charge in [-0.2, -0.15) is 5.10 Å². The lowest BCUT2D eigenvalue weighted by Gasteiger charge is -2.35. The molecule has 0 bridgehead atoms. The highest BCUT2D eigenvalue weighted by molar-refractivity contribution is 5.90. The Morgan fingerprint density at radius 1 is 1.41 bits per heavy atom. The van der Waals surface area contributed by atoms with Crippen molar-refractivity contribution in [2.24, 2.45) is 7.05 Å². The molecule has 1 fully saturated rings. The van der Waals surface area contributed by atoms with Crippen LogP contribution in [0.4, 0.5) is 10.2 Å². The summed E-state index contributed by atoms with van der Waals surface area (Å²) < 4.78 is 14.7. The molecular weight excluding hydrogens is 221 g/mol. The van der Waals surface area contributed by atoms with Crippen molar-refractivity contribution in [3.05, 3.63) is 12.0 Å². The Kier molecular flexibility index (Phi) is 2.24. The van der Waals surface area contributed by atoms with Crippen LogP contribution in [0.2, 0.25) is 0 Å². The Morgan fingerprint density at radius 3 is 2.82 bits per heavy atom. The molecule has 17 heavy (non-hydrogen) atoms. The van der Waals surface area contributed by atoms with Gasteiger partial charge in [-0.25, -0.2) is 14.4 Å². The first-order chi connectivity index (χ1) is 8.20. The minimum Gasteiger partial charge on any atom is -0.350 e. The number of hydrogen-bond acceptors (Lipinski definition) is 4. The van der Waals surface area contributed by atoms with Crippen LogP contribution in [0.15, 0.2) is 6.33 Å². The van der Waals surface area contributed by atoms with Crippen molar-refractivity contribution >= 4 is 16.9 Å². The number of nitrogens with zero attached hydrogens (tertiary/aromatic N) is 5. The summed E-state index contributed by atoms with van der Waals surface area (Å²) in [6, 6.07) is 0. The van der Waals surface area contributed by atoms with Crippen molar-refractivity contribution in [3.8, 4) is 0 Å². The number of anilines is 1. The smallest absolute Gasteiger partial charge is 0.163 e. The van der Waals surface area contributed by atoms with E-state index in [9.17, 15) is 4.39 Å². The average molecular weight is 235 g/mol. The van der Waals surface area contributed by atoms with E-state index in [1.807, 2.05) is 18.9 Å². The summed E-state index contributed by atoms with van der Waals surface area (Å²) in [5.41, 5.74) is 1.79. The summed E-state index contributed by atoms with van der Waals surface area (Å²) in [6.07, 6.45) is 1.61. The SMILES string of the molecule is CCc1nn(C)c2ncnc(N3CC(F)C3)c12. The highest BCUT2D eigenvalue weighted by atomic mass is 19.1. The standard InChI is InChI=1S/C11H14FN5/c1-3-8-9-10(16(2)15-8)13-6-14-11(9)17-4-7(12)5-17/h6-7H,3-5H2,1-2H3. The zero-order valence-electron chi connectivity index (χ0n) is 9.89. The van der Waals surface area contributed by atoms with Crippen LogP contribution in [0.1, 0.15) is 12.6 Å². The van der Waals surface area contributed by atoms with Gasteiger partial charge in [0, 0.05) is 7.05 Å². The van der Waals surface area contributed by atoms with Crippen LogP contribution in [0, 0.1) is 0 Å². The Hall–Kier alpha value is -1.72. The van der Waals surface area contributed by atoms with Crippen LogP contribution in [0.3, 0.4) is 0 Å². The third-order valence-corrected chi connectivity index (χ3v) is 3.14. The molecule has 0 spiro atoms. The van der Waals surface area contributed by atoms with E-state index in [1.54, 1.807) is 4.68 Å². The van der Waals surface area contributed by atoms with Crippen LogP contribution in [-0.4, -0.2) is 39.0 Å². The van der Waals surface area contributed by atoms with E-state index in [0.29, 0.717) is 13.1 Å². The normalized spacial score (nSPS) is 16.5. The summed E-state index contributed by atoms with van der Waals surface area (Å²) in [4.78, 5) is 10.5. The number of halogens is 1. The van der Waals surface area contributed by atoms with Crippen LogP contribution < -0.4 is 4.90 Å². The van der Waals surface area contributed by atoms with Gasteiger partial charge in [-0.05, 0) is 6.42 Å². The van der Waals surface area contributed by atoms with Crippen molar-refractivity contribution < 1.29 is 4.39 Å². The van der Waals surface area contributed by atoms with E-state index >= 15 is 0 Å². The molecular formula is C11H14FN5. The minimum absolute atomic E-state index is 0.421. The number of alkyl halides is 1. The number of hydrogen-bond donors (Lipinski definition) is 0. The molecule has 0 N–H and O–H groups in total. The second-order valence-electron chi connectivity index (χ2n) is 4.32. The fraction of sp³-hybridized carbons (Fsp3) is 0.545. The number of rotatable bonds is 2. The van der Waals surface area contributed by atoms with E-state index in [1.165, 1.54) is 6.33 Å². The van der Waals surface area contributed by atoms with Crippen LogP contribution in [0.5, 0.6) is 0 Å². The lowest BCUT2D eigenvalue weighted by Crippen LogP contribution is -2.49. The molecule has 90 valence electrons. The summed E-state index contributed by atoms with van der Waals surface area (Å²) in [5.74, 6) is 0.814. The van der Waals surface area contributed by atoms with Gasteiger partial charge in [-0.1, -0.05) is 6.92 Å². The molecule has 6 heteroatoms. The summed E-state index contributed by atoms with van der Waals surface area (Å²) >= 11 is 0. The first kappa shape index (κ1) is 10.4. The Morgan fingerprint density at radius 2 is 2.18 bits per heavy atom. The largest absolute Gasteiger partial charge is 0.350 e. The van der Waals surface area contributed by atoms with Crippen molar-refractivity contribution in [2.75, 3.05) is 18.0 Å². The number of fused-ring (bicyclic) bond motifs is 1. The minimum atomic E-state index is -0.734. The molecule has 1 aliphatic heterocycles. The maximum Gasteiger partial charge on any atom is 0.163 e. The first-order valence-electron chi connectivity index (χ1n) is 5.76. The van der Waals surface area contributed by atoms with Gasteiger partial charge in [-0.15, -0.1) is 0 Å². The van der Waals surface area contributed by atoms with Crippen LogP contribution in [-0.2, 0) is 13.5 Å². The molecule has 0 atom stereocenters. The van der Waals surface area contributed by atoms with Crippen molar-refractivity contribution in [1.82, 2.24) is 19.7 Å². The molecule has 0 unspecified atom stereocenters. The van der Waals surface area contributed by atoms with Crippen molar-refractivity contribution in [1.29, 1.82) is 0 Å². The predicted molar refractivity (Wildman–Crippen MR) is 62.8 cm³/mol. The Balaban J connectivity index is 2.17. The quantitative estimate of drug-likeness (QED) is 0.781. The molecule has 1 saturated heterocycles. The first-order valence-corrected chi connectivity index (χ1v) is 5.76. The fourth-order valence-electron chi connectivity index (χ4n) is 2.23. The van der Waals surface area contributed by atoms with E-state index in [2.05, 4.69) is 15.1 Å². The van der Waals surface area contributed by atoms with E-state index < -0.39 is 6.17 Å². The number of aromatic nitrogens is 4. The molecule has 0 aromatic carbocycles. The molecule has 1 aliphatic rings. The average Bonchev–Trinajstić information content (AvgIpc) is 2.63. The molecule has 3 rings (SSSR count). The molecule has 0 saturated carbocycles. The molecule has 0 amide bonds. The Labute approximate surface area is 98.3 Å². The second kappa shape index (κ2) is 3.65. The van der Waals surface area contributed by atoms with Gasteiger partial charge in [0.2, 0.25) is 0 Å². The zero-order valence-corrected chi connectivity index (χ0v) is 9.89. The van der Waals surface area contributed by atoms with Crippen molar-refractivity contribution in [3.63, 3.8) is 0 Å². The van der Waals surface area contributed by atoms with Gasteiger partial charge in [0.1, 0.15) is 18.3 Å². The summed E-state index contributed by atoms with van der Waals surface area (Å²) in [5, 5.41) is 5.38. The third kappa shape index (κ3) is 1.47. The third-order valence-electron chi connectivity index (χ3n) is 3.14. The zero-order chi connectivity index (χ0) is 12.0. The van der Waals surface area contributed by atoms with Gasteiger partial charge in [0.05, 0.1) is 24.2 Å². The van der Waals surface area contributed by atoms with Gasteiger partial charge < -0.3 is 4.90 Å². The molecule has 3 heterocycles. The molecule has 0 radical (unpaired) electrons. The van der Waals surface area contributed by atoms with E-state index in [4.69, 9.17) is 0 Å². The van der Waals surface area contributed by atoms with Gasteiger partial charge in [0.15, 0.2) is 5.65 Å². The monoisotopic (exact) mass is 235 g/mol. The van der Waals surface area contributed by atoms with Crippen LogP contribution in [0.25, 0.3) is 11.0 Å². The topological polar surface area (TPSA) is 46.8 Å². The van der Waals surface area contributed by atoms with E-state index in [-0.39, 0.29) is 0 Å². The van der Waals surface area contributed by atoms with Gasteiger partial charge in [-0.3, -0.25) is 4.68 Å². The highest BCUT2D eigenvalue weighted by Gasteiger charge is 2.30. The highest BCUT2D eigenvalue weighted by Crippen LogP contribution is 2.29.